The first-order valence-electron chi connectivity index (χ1n) is 8.75. The zero-order valence-corrected chi connectivity index (χ0v) is 15.2. The number of carbonyl (C=O) groups excluding carboxylic acids is 1. The lowest BCUT2D eigenvalue weighted by Crippen LogP contribution is -2.27. The molecule has 2 heterocycles. The molecule has 0 spiro atoms. The average Bonchev–Trinajstić information content (AvgIpc) is 3.14. The number of esters is 1. The van der Waals surface area contributed by atoms with Gasteiger partial charge in [-0.15, -0.1) is 0 Å². The van der Waals surface area contributed by atoms with Crippen LogP contribution in [-0.2, 0) is 17.9 Å². The smallest absolute Gasteiger partial charge is 0.359 e. The Bertz CT molecular complexity index is 1200. The zero-order chi connectivity index (χ0) is 19.5. The van der Waals surface area contributed by atoms with Crippen LogP contribution >= 0.6 is 0 Å². The molecule has 0 radical (unpaired) electrons. The molecule has 0 unspecified atom stereocenters. The quantitative estimate of drug-likeness (QED) is 0.498. The minimum Gasteiger partial charge on any atom is -0.454 e. The van der Waals surface area contributed by atoms with E-state index in [-0.39, 0.29) is 24.4 Å². The Kier molecular flexibility index (Phi) is 4.72. The average molecular weight is 375 g/mol. The van der Waals surface area contributed by atoms with Crippen molar-refractivity contribution in [2.45, 2.75) is 20.1 Å². The Morgan fingerprint density at radius 2 is 1.79 bits per heavy atom. The summed E-state index contributed by atoms with van der Waals surface area (Å²) < 4.78 is 11.6. The standard InChI is InChI=1S/C21H17N3O4/c1-14-11-16(23-28-14)13-27-21(26)19-17-9-5-6-10-18(17)20(25)24(22-19)12-15-7-3-2-4-8-15/h2-11H,12-13H2,1H3. The highest BCUT2D eigenvalue weighted by Gasteiger charge is 2.18. The fourth-order valence-corrected chi connectivity index (χ4v) is 2.94. The molecule has 0 saturated heterocycles. The molecule has 0 bridgehead atoms. The van der Waals surface area contributed by atoms with E-state index in [4.69, 9.17) is 9.26 Å². The van der Waals surface area contributed by atoms with Gasteiger partial charge in [-0.2, -0.15) is 5.10 Å². The third-order valence-electron chi connectivity index (χ3n) is 4.26. The maximum Gasteiger partial charge on any atom is 0.359 e. The molecule has 4 aromatic rings. The van der Waals surface area contributed by atoms with E-state index in [0.717, 1.165) is 5.56 Å². The molecule has 4 rings (SSSR count). The van der Waals surface area contributed by atoms with Gasteiger partial charge in [0.15, 0.2) is 5.69 Å². The summed E-state index contributed by atoms with van der Waals surface area (Å²) in [5, 5.41) is 8.97. The van der Waals surface area contributed by atoms with Crippen LogP contribution < -0.4 is 5.56 Å². The van der Waals surface area contributed by atoms with E-state index in [9.17, 15) is 9.59 Å². The molecule has 0 N–H and O–H groups in total. The fourth-order valence-electron chi connectivity index (χ4n) is 2.94. The predicted molar refractivity (Wildman–Crippen MR) is 102 cm³/mol. The van der Waals surface area contributed by atoms with Crippen molar-refractivity contribution >= 4 is 16.7 Å². The second-order valence-electron chi connectivity index (χ2n) is 6.35. The van der Waals surface area contributed by atoms with E-state index in [1.54, 1.807) is 37.3 Å². The second-order valence-corrected chi connectivity index (χ2v) is 6.35. The Morgan fingerprint density at radius 1 is 1.07 bits per heavy atom. The summed E-state index contributed by atoms with van der Waals surface area (Å²) in [6, 6.07) is 18.0. The molecule has 2 aromatic heterocycles. The van der Waals surface area contributed by atoms with Gasteiger partial charge in [-0.05, 0) is 18.6 Å². The summed E-state index contributed by atoms with van der Waals surface area (Å²) in [6.07, 6.45) is 0. The number of aromatic nitrogens is 3. The molecule has 28 heavy (non-hydrogen) atoms. The number of aryl methyl sites for hydroxylation is 1. The molecule has 2 aromatic carbocycles. The number of rotatable bonds is 5. The Labute approximate surface area is 160 Å². The fraction of sp³-hybridized carbons (Fsp3) is 0.143. The molecule has 140 valence electrons. The van der Waals surface area contributed by atoms with Gasteiger partial charge in [0.2, 0.25) is 0 Å². The lowest BCUT2D eigenvalue weighted by Gasteiger charge is -2.10. The van der Waals surface area contributed by atoms with Gasteiger partial charge in [-0.25, -0.2) is 9.48 Å². The summed E-state index contributed by atoms with van der Waals surface area (Å²) in [4.78, 5) is 25.5. The molecule has 0 aliphatic carbocycles. The summed E-state index contributed by atoms with van der Waals surface area (Å²) in [5.41, 5.74) is 1.24. The lowest BCUT2D eigenvalue weighted by molar-refractivity contribution is 0.0457. The Hall–Kier alpha value is -3.74. The number of ether oxygens (including phenoxy) is 1. The van der Waals surface area contributed by atoms with Crippen molar-refractivity contribution in [2.75, 3.05) is 0 Å². The predicted octanol–water partition coefficient (Wildman–Crippen LogP) is 3.10. The number of benzene rings is 2. The third kappa shape index (κ3) is 3.55. The van der Waals surface area contributed by atoms with Gasteiger partial charge in [-0.1, -0.05) is 53.7 Å². The summed E-state index contributed by atoms with van der Waals surface area (Å²) in [7, 11) is 0. The van der Waals surface area contributed by atoms with Gasteiger partial charge in [-0.3, -0.25) is 4.79 Å². The lowest BCUT2D eigenvalue weighted by atomic mass is 10.1. The molecule has 7 heteroatoms. The molecular formula is C21H17N3O4. The minimum atomic E-state index is -0.626. The highest BCUT2D eigenvalue weighted by molar-refractivity contribution is 6.02. The Balaban J connectivity index is 1.70. The van der Waals surface area contributed by atoms with Gasteiger partial charge >= 0.3 is 5.97 Å². The maximum atomic E-state index is 12.8. The summed E-state index contributed by atoms with van der Waals surface area (Å²) in [6.45, 7) is 1.98. The monoisotopic (exact) mass is 375 g/mol. The van der Waals surface area contributed by atoms with Crippen molar-refractivity contribution in [3.8, 4) is 0 Å². The highest BCUT2D eigenvalue weighted by atomic mass is 16.5. The van der Waals surface area contributed by atoms with Crippen molar-refractivity contribution in [1.29, 1.82) is 0 Å². The summed E-state index contributed by atoms with van der Waals surface area (Å²) in [5.74, 6) is 0.00435. The molecular weight excluding hydrogens is 358 g/mol. The molecule has 0 atom stereocenters. The maximum absolute atomic E-state index is 12.8. The molecule has 0 saturated carbocycles. The van der Waals surface area contributed by atoms with Crippen molar-refractivity contribution in [3.05, 3.63) is 93.7 Å². The van der Waals surface area contributed by atoms with Gasteiger partial charge in [0.1, 0.15) is 18.1 Å². The van der Waals surface area contributed by atoms with Gasteiger partial charge in [0.05, 0.1) is 11.9 Å². The number of fused-ring (bicyclic) bond motifs is 1. The minimum absolute atomic E-state index is 0.0377. The van der Waals surface area contributed by atoms with Crippen LogP contribution in [0, 0.1) is 6.92 Å². The van der Waals surface area contributed by atoms with E-state index in [1.807, 2.05) is 30.3 Å². The zero-order valence-electron chi connectivity index (χ0n) is 15.2. The first kappa shape index (κ1) is 17.7. The highest BCUT2D eigenvalue weighted by Crippen LogP contribution is 2.16. The first-order valence-corrected chi connectivity index (χ1v) is 8.75. The van der Waals surface area contributed by atoms with E-state index in [0.29, 0.717) is 22.2 Å². The van der Waals surface area contributed by atoms with Crippen molar-refractivity contribution in [3.63, 3.8) is 0 Å². The van der Waals surface area contributed by atoms with E-state index in [1.165, 1.54) is 4.68 Å². The van der Waals surface area contributed by atoms with E-state index < -0.39 is 5.97 Å². The van der Waals surface area contributed by atoms with Crippen LogP contribution in [0.3, 0.4) is 0 Å². The van der Waals surface area contributed by atoms with Crippen LogP contribution in [-0.4, -0.2) is 20.9 Å². The largest absolute Gasteiger partial charge is 0.454 e. The number of nitrogens with zero attached hydrogens (tertiary/aromatic N) is 3. The van der Waals surface area contributed by atoms with Crippen LogP contribution in [0.25, 0.3) is 10.8 Å². The summed E-state index contributed by atoms with van der Waals surface area (Å²) >= 11 is 0. The molecule has 0 fully saturated rings. The van der Waals surface area contributed by atoms with Crippen molar-refractivity contribution in [2.24, 2.45) is 0 Å². The van der Waals surface area contributed by atoms with Gasteiger partial charge in [0, 0.05) is 11.5 Å². The van der Waals surface area contributed by atoms with Crippen LogP contribution in [0.2, 0.25) is 0 Å². The topological polar surface area (TPSA) is 87.2 Å². The molecule has 7 nitrogen and oxygen atoms in total. The van der Waals surface area contributed by atoms with Crippen LogP contribution in [0.15, 0.2) is 70.0 Å². The van der Waals surface area contributed by atoms with E-state index in [2.05, 4.69) is 10.3 Å². The number of hydrogen-bond donors (Lipinski definition) is 0. The second kappa shape index (κ2) is 7.48. The van der Waals surface area contributed by atoms with Crippen molar-refractivity contribution < 1.29 is 14.1 Å². The van der Waals surface area contributed by atoms with Gasteiger partial charge in [0.25, 0.3) is 5.56 Å². The SMILES string of the molecule is Cc1cc(COC(=O)c2nn(Cc3ccccc3)c(=O)c3ccccc23)no1. The third-order valence-corrected chi connectivity index (χ3v) is 4.26. The van der Waals surface area contributed by atoms with E-state index >= 15 is 0 Å². The van der Waals surface area contributed by atoms with Crippen LogP contribution in [0.4, 0.5) is 0 Å². The van der Waals surface area contributed by atoms with Gasteiger partial charge < -0.3 is 9.26 Å². The number of hydrogen-bond acceptors (Lipinski definition) is 6. The molecule has 0 amide bonds. The Morgan fingerprint density at radius 3 is 2.50 bits per heavy atom. The normalized spacial score (nSPS) is 10.9. The molecule has 0 aliphatic rings. The van der Waals surface area contributed by atoms with Crippen LogP contribution in [0.5, 0.6) is 0 Å². The first-order chi connectivity index (χ1) is 13.6. The van der Waals surface area contributed by atoms with Crippen LogP contribution in [0.1, 0.15) is 27.5 Å². The molecule has 0 aliphatic heterocycles. The van der Waals surface area contributed by atoms with Crippen molar-refractivity contribution in [1.82, 2.24) is 14.9 Å². The number of carbonyl (C=O) groups is 1.